The van der Waals surface area contributed by atoms with E-state index in [0.717, 1.165) is 15.2 Å². The molecule has 0 saturated carbocycles. The molecule has 4 rings (SSSR count). The van der Waals surface area contributed by atoms with Gasteiger partial charge in [-0.2, -0.15) is 0 Å². The van der Waals surface area contributed by atoms with Gasteiger partial charge < -0.3 is 15.4 Å². The summed E-state index contributed by atoms with van der Waals surface area (Å²) in [5.74, 6) is 0.0177. The molecule has 4 aromatic carbocycles. The van der Waals surface area contributed by atoms with E-state index in [1.165, 1.54) is 0 Å². The van der Waals surface area contributed by atoms with Crippen molar-refractivity contribution in [2.24, 2.45) is 0 Å². The van der Waals surface area contributed by atoms with Gasteiger partial charge in [0.25, 0.3) is 11.8 Å². The first-order valence-corrected chi connectivity index (χ1v) is 10.5. The molecule has 0 bridgehead atoms. The Kier molecular flexibility index (Phi) is 6.29. The Morgan fingerprint density at radius 3 is 2.35 bits per heavy atom. The number of benzene rings is 4. The molecule has 154 valence electrons. The summed E-state index contributed by atoms with van der Waals surface area (Å²) in [4.78, 5) is 24.8. The molecule has 4 aromatic rings. The summed E-state index contributed by atoms with van der Waals surface area (Å²) in [6, 6.07) is 27.6. The van der Waals surface area contributed by atoms with Crippen molar-refractivity contribution in [2.45, 2.75) is 0 Å². The molecule has 31 heavy (non-hydrogen) atoms. The Hall–Kier alpha value is -3.64. The lowest BCUT2D eigenvalue weighted by Crippen LogP contribution is -2.20. The molecule has 2 amide bonds. The van der Waals surface area contributed by atoms with E-state index in [9.17, 15) is 9.59 Å². The highest BCUT2D eigenvalue weighted by molar-refractivity contribution is 9.10. The molecular weight excluding hydrogens is 456 g/mol. The molecule has 2 N–H and O–H groups in total. The number of carbonyl (C=O) groups excluding carboxylic acids is 2. The number of hydrogen-bond acceptors (Lipinski definition) is 3. The van der Waals surface area contributed by atoms with E-state index in [1.54, 1.807) is 24.3 Å². The van der Waals surface area contributed by atoms with Gasteiger partial charge in [0.15, 0.2) is 6.61 Å². The average Bonchev–Trinajstić information content (AvgIpc) is 2.80. The fraction of sp³-hybridized carbons (Fsp3) is 0.0400. The van der Waals surface area contributed by atoms with E-state index in [2.05, 4.69) is 26.6 Å². The number of halogens is 1. The van der Waals surface area contributed by atoms with Crippen LogP contribution in [0.1, 0.15) is 10.4 Å². The van der Waals surface area contributed by atoms with Crippen LogP contribution >= 0.6 is 15.9 Å². The first-order valence-electron chi connectivity index (χ1n) is 9.66. The van der Waals surface area contributed by atoms with Crippen molar-refractivity contribution >= 4 is 49.9 Å². The van der Waals surface area contributed by atoms with Gasteiger partial charge in [0, 0.05) is 16.9 Å². The van der Waals surface area contributed by atoms with Gasteiger partial charge in [-0.1, -0.05) is 54.6 Å². The lowest BCUT2D eigenvalue weighted by atomic mass is 10.1. The maximum absolute atomic E-state index is 12.5. The molecule has 0 fully saturated rings. The first kappa shape index (κ1) is 20.6. The van der Waals surface area contributed by atoms with Crippen LogP contribution in [-0.4, -0.2) is 18.4 Å². The third kappa shape index (κ3) is 5.10. The third-order valence-electron chi connectivity index (χ3n) is 4.63. The van der Waals surface area contributed by atoms with Crippen LogP contribution in [0.4, 0.5) is 11.4 Å². The molecule has 0 atom stereocenters. The summed E-state index contributed by atoms with van der Waals surface area (Å²) in [5, 5.41) is 7.69. The van der Waals surface area contributed by atoms with Gasteiger partial charge in [-0.15, -0.1) is 0 Å². The largest absolute Gasteiger partial charge is 0.483 e. The minimum Gasteiger partial charge on any atom is -0.483 e. The molecule has 0 unspecified atom stereocenters. The van der Waals surface area contributed by atoms with Crippen molar-refractivity contribution < 1.29 is 14.3 Å². The number of carbonyl (C=O) groups is 2. The number of ether oxygens (including phenoxy) is 1. The molecule has 0 radical (unpaired) electrons. The minimum absolute atomic E-state index is 0.155. The van der Waals surface area contributed by atoms with E-state index in [4.69, 9.17) is 4.74 Å². The van der Waals surface area contributed by atoms with Crippen molar-refractivity contribution in [3.63, 3.8) is 0 Å². The molecule has 6 heteroatoms. The molecule has 0 saturated heterocycles. The van der Waals surface area contributed by atoms with Crippen LogP contribution in [0.3, 0.4) is 0 Å². The van der Waals surface area contributed by atoms with Gasteiger partial charge in [0.2, 0.25) is 0 Å². The Balaban J connectivity index is 1.38. The van der Waals surface area contributed by atoms with Gasteiger partial charge in [-0.25, -0.2) is 0 Å². The van der Waals surface area contributed by atoms with Crippen molar-refractivity contribution in [3.8, 4) is 5.75 Å². The molecule has 0 aliphatic rings. The van der Waals surface area contributed by atoms with Gasteiger partial charge in [0.1, 0.15) is 5.75 Å². The summed E-state index contributed by atoms with van der Waals surface area (Å²) in [6.07, 6.45) is 0. The molecule has 0 aliphatic carbocycles. The third-order valence-corrected chi connectivity index (χ3v) is 5.44. The zero-order valence-corrected chi connectivity index (χ0v) is 18.1. The molecule has 5 nitrogen and oxygen atoms in total. The molecule has 0 aliphatic heterocycles. The number of fused-ring (bicyclic) bond motifs is 1. The number of anilines is 2. The van der Waals surface area contributed by atoms with Crippen LogP contribution in [0.5, 0.6) is 5.75 Å². The quantitative estimate of drug-likeness (QED) is 0.367. The highest BCUT2D eigenvalue weighted by Gasteiger charge is 2.11. The van der Waals surface area contributed by atoms with Gasteiger partial charge in [-0.05, 0) is 63.1 Å². The van der Waals surface area contributed by atoms with E-state index in [0.29, 0.717) is 22.7 Å². The van der Waals surface area contributed by atoms with Crippen LogP contribution in [0.2, 0.25) is 0 Å². The van der Waals surface area contributed by atoms with Crippen LogP contribution in [0, 0.1) is 0 Å². The van der Waals surface area contributed by atoms with Gasteiger partial charge >= 0.3 is 0 Å². The van der Waals surface area contributed by atoms with E-state index < -0.39 is 0 Å². The lowest BCUT2D eigenvalue weighted by molar-refractivity contribution is -0.118. The topological polar surface area (TPSA) is 67.4 Å². The molecule has 0 aromatic heterocycles. The van der Waals surface area contributed by atoms with E-state index in [1.807, 2.05) is 66.7 Å². The smallest absolute Gasteiger partial charge is 0.262 e. The zero-order valence-electron chi connectivity index (χ0n) is 16.5. The molecule has 0 heterocycles. The van der Waals surface area contributed by atoms with E-state index in [-0.39, 0.29) is 18.4 Å². The second kappa shape index (κ2) is 9.45. The van der Waals surface area contributed by atoms with Crippen molar-refractivity contribution in [2.75, 3.05) is 17.2 Å². The number of nitrogens with one attached hydrogen (secondary N) is 2. The minimum atomic E-state index is -0.319. The highest BCUT2D eigenvalue weighted by Crippen LogP contribution is 2.33. The van der Waals surface area contributed by atoms with Crippen LogP contribution in [-0.2, 0) is 4.79 Å². The number of para-hydroxylation sites is 1. The maximum Gasteiger partial charge on any atom is 0.262 e. The summed E-state index contributed by atoms with van der Waals surface area (Å²) in [7, 11) is 0. The lowest BCUT2D eigenvalue weighted by Gasteiger charge is -2.11. The fourth-order valence-electron chi connectivity index (χ4n) is 3.13. The first-order chi connectivity index (χ1) is 15.1. The predicted molar refractivity (Wildman–Crippen MR) is 127 cm³/mol. The predicted octanol–water partition coefficient (Wildman–Crippen LogP) is 5.87. The summed E-state index contributed by atoms with van der Waals surface area (Å²) < 4.78 is 6.50. The second-order valence-electron chi connectivity index (χ2n) is 6.84. The van der Waals surface area contributed by atoms with Crippen LogP contribution in [0.25, 0.3) is 10.8 Å². The Morgan fingerprint density at radius 1 is 0.774 bits per heavy atom. The molecule has 0 spiro atoms. The molecular formula is C25H19BrN2O3. The van der Waals surface area contributed by atoms with E-state index >= 15 is 0 Å². The highest BCUT2D eigenvalue weighted by atomic mass is 79.9. The van der Waals surface area contributed by atoms with Gasteiger partial charge in [-0.3, -0.25) is 9.59 Å². The van der Waals surface area contributed by atoms with Crippen LogP contribution in [0.15, 0.2) is 95.5 Å². The summed E-state index contributed by atoms with van der Waals surface area (Å²) >= 11 is 3.55. The number of rotatable bonds is 6. The Labute approximate surface area is 188 Å². The normalized spacial score (nSPS) is 10.5. The van der Waals surface area contributed by atoms with Gasteiger partial charge in [0.05, 0.1) is 4.47 Å². The second-order valence-corrected chi connectivity index (χ2v) is 7.63. The SMILES string of the molecule is O=C(COc1ccc2ccccc2c1Br)Nc1cccc(C(=O)Nc2ccccc2)c1. The van der Waals surface area contributed by atoms with Crippen molar-refractivity contribution in [3.05, 3.63) is 101 Å². The van der Waals surface area contributed by atoms with Crippen molar-refractivity contribution in [1.29, 1.82) is 0 Å². The fourth-order valence-corrected chi connectivity index (χ4v) is 3.74. The Bertz CT molecular complexity index is 1240. The number of hydrogen-bond donors (Lipinski definition) is 2. The van der Waals surface area contributed by atoms with Crippen molar-refractivity contribution in [1.82, 2.24) is 0 Å². The Morgan fingerprint density at radius 2 is 1.52 bits per heavy atom. The maximum atomic E-state index is 12.5. The standard InChI is InChI=1S/C25H19BrN2O3/c26-24-21-12-5-4-7-17(21)13-14-22(24)31-16-23(29)27-20-11-6-8-18(15-20)25(30)28-19-9-2-1-3-10-19/h1-15H,16H2,(H,27,29)(H,28,30). The van der Waals surface area contributed by atoms with Crippen LogP contribution < -0.4 is 15.4 Å². The summed E-state index contributed by atoms with van der Waals surface area (Å²) in [6.45, 7) is -0.155. The average molecular weight is 475 g/mol. The zero-order chi connectivity index (χ0) is 21.6. The number of amides is 2. The monoisotopic (exact) mass is 474 g/mol. The summed E-state index contributed by atoms with van der Waals surface area (Å²) in [5.41, 5.74) is 1.67.